The predicted molar refractivity (Wildman–Crippen MR) is 58.4 cm³/mol. The first-order valence-corrected chi connectivity index (χ1v) is 6.30. The molecule has 0 spiro atoms. The molecule has 0 N–H and O–H groups in total. The minimum atomic E-state index is -0.0872. The van der Waals surface area contributed by atoms with Crippen molar-refractivity contribution in [2.75, 3.05) is 0 Å². The molecule has 0 aromatic heterocycles. The van der Waals surface area contributed by atoms with Crippen molar-refractivity contribution in [1.82, 2.24) is 0 Å². The van der Waals surface area contributed by atoms with Gasteiger partial charge in [-0.2, -0.15) is 0 Å². The van der Waals surface area contributed by atoms with Gasteiger partial charge in [0, 0.05) is 0 Å². The molecule has 0 amide bonds. The molecule has 1 saturated carbocycles. The molecule has 1 aromatic rings. The van der Waals surface area contributed by atoms with Crippen LogP contribution in [0.3, 0.4) is 0 Å². The third-order valence-electron chi connectivity index (χ3n) is 2.48. The van der Waals surface area contributed by atoms with Crippen LogP contribution in [0.4, 0.5) is 0 Å². The first-order chi connectivity index (χ1) is 6.80. The molecule has 2 heteroatoms. The molecule has 2 atom stereocenters. The third kappa shape index (κ3) is 1.62. The molecule has 0 heterocycles. The molecule has 1 aromatic carbocycles. The molecule has 0 saturated heterocycles. The maximum atomic E-state index is 9.14. The summed E-state index contributed by atoms with van der Waals surface area (Å²) in [4.78, 5) is 0. The van der Waals surface area contributed by atoms with Gasteiger partial charge in [0.1, 0.15) is 0 Å². The number of allylic oxidation sites excluding steroid dienone is 1. The van der Waals surface area contributed by atoms with Gasteiger partial charge in [-0.05, 0) is 0 Å². The van der Waals surface area contributed by atoms with Crippen LogP contribution < -0.4 is 4.46 Å². The Labute approximate surface area is 90.6 Å². The van der Waals surface area contributed by atoms with E-state index in [9.17, 15) is 0 Å². The van der Waals surface area contributed by atoms with E-state index in [0.717, 1.165) is 6.42 Å². The van der Waals surface area contributed by atoms with E-state index in [0.29, 0.717) is 5.92 Å². The second-order valence-electron chi connectivity index (χ2n) is 3.46. The van der Waals surface area contributed by atoms with Gasteiger partial charge in [-0.25, -0.2) is 0 Å². The molecule has 0 radical (unpaired) electrons. The van der Waals surface area contributed by atoms with Crippen molar-refractivity contribution in [2.45, 2.75) is 10.7 Å². The van der Waals surface area contributed by atoms with Crippen LogP contribution in [0.25, 0.3) is 0 Å². The summed E-state index contributed by atoms with van der Waals surface area (Å²) in [5.74, 6) is 0.424. The molecule has 1 aliphatic carbocycles. The normalized spacial score (nSPS) is 29.2. The number of nitrogens with zero attached hydrogens (tertiary/aromatic N) is 1. The first-order valence-electron chi connectivity index (χ1n) is 4.58. The molecule has 1 aliphatic rings. The van der Waals surface area contributed by atoms with Crippen molar-refractivity contribution >= 4 is 19.4 Å². The Morgan fingerprint density at radius 3 is 2.71 bits per heavy atom. The van der Waals surface area contributed by atoms with E-state index in [-0.39, 0.29) is 19.3 Å². The third-order valence-corrected chi connectivity index (χ3v) is 5.49. The summed E-state index contributed by atoms with van der Waals surface area (Å²) < 4.78 is 1.22. The Hall–Kier alpha value is -1.03. The second-order valence-corrected chi connectivity index (χ2v) is 6.41. The Bertz CT molecular complexity index is 379. The molecular formula is C12H11NSe. The number of hydrogen-bond donors (Lipinski definition) is 0. The van der Waals surface area contributed by atoms with Crippen molar-refractivity contribution in [3.63, 3.8) is 0 Å². The molecule has 70 valence electrons. The maximum absolute atomic E-state index is 9.14. The van der Waals surface area contributed by atoms with Crippen LogP contribution in [0.2, 0.25) is 4.31 Å². The van der Waals surface area contributed by atoms with E-state index < -0.39 is 0 Å². The van der Waals surface area contributed by atoms with Gasteiger partial charge in [-0.15, -0.1) is 0 Å². The van der Waals surface area contributed by atoms with Crippen molar-refractivity contribution < 1.29 is 0 Å². The summed E-state index contributed by atoms with van der Waals surface area (Å²) in [6.45, 7) is 3.77. The Balaban J connectivity index is 2.13. The first kappa shape index (κ1) is 9.52. The van der Waals surface area contributed by atoms with Crippen LogP contribution in [0.15, 0.2) is 43.0 Å². The zero-order valence-electron chi connectivity index (χ0n) is 7.81. The van der Waals surface area contributed by atoms with Crippen LogP contribution >= 0.6 is 0 Å². The van der Waals surface area contributed by atoms with Gasteiger partial charge >= 0.3 is 90.4 Å². The van der Waals surface area contributed by atoms with Crippen molar-refractivity contribution in [2.24, 2.45) is 5.92 Å². The average Bonchev–Trinajstić information content (AvgIpc) is 2.94. The zero-order valence-corrected chi connectivity index (χ0v) is 9.52. The summed E-state index contributed by atoms with van der Waals surface area (Å²) in [7, 11) is 0. The van der Waals surface area contributed by atoms with Crippen LogP contribution in [0.1, 0.15) is 6.42 Å². The summed E-state index contributed by atoms with van der Waals surface area (Å²) in [5.41, 5.74) is 0. The minimum absolute atomic E-state index is 0.0872. The monoisotopic (exact) mass is 249 g/mol. The summed E-state index contributed by atoms with van der Waals surface area (Å²) >= 11 is 0.266. The number of hydrogen-bond acceptors (Lipinski definition) is 1. The van der Waals surface area contributed by atoms with E-state index in [1.165, 1.54) is 4.46 Å². The van der Waals surface area contributed by atoms with Gasteiger partial charge in [0.25, 0.3) is 0 Å². The van der Waals surface area contributed by atoms with Crippen LogP contribution in [-0.4, -0.2) is 15.0 Å². The molecule has 2 rings (SSSR count). The fraction of sp³-hybridized carbons (Fsp3) is 0.250. The van der Waals surface area contributed by atoms with Gasteiger partial charge in [0.2, 0.25) is 0 Å². The summed E-state index contributed by atoms with van der Waals surface area (Å²) in [6, 6.07) is 12.8. The fourth-order valence-corrected chi connectivity index (χ4v) is 4.17. The number of benzene rings is 1. The van der Waals surface area contributed by atoms with E-state index in [4.69, 9.17) is 5.26 Å². The molecule has 1 nitrogen and oxygen atoms in total. The van der Waals surface area contributed by atoms with E-state index in [2.05, 4.69) is 24.8 Å². The fourth-order valence-electron chi connectivity index (χ4n) is 1.51. The van der Waals surface area contributed by atoms with Crippen LogP contribution in [0.5, 0.6) is 0 Å². The van der Waals surface area contributed by atoms with Gasteiger partial charge in [-0.1, -0.05) is 0 Å². The summed E-state index contributed by atoms with van der Waals surface area (Å²) in [5, 5.41) is 9.14. The molecule has 0 aliphatic heterocycles. The van der Waals surface area contributed by atoms with Crippen molar-refractivity contribution in [3.8, 4) is 6.07 Å². The Morgan fingerprint density at radius 2 is 2.21 bits per heavy atom. The molecule has 14 heavy (non-hydrogen) atoms. The molecular weight excluding hydrogens is 237 g/mol. The van der Waals surface area contributed by atoms with Gasteiger partial charge in [0.15, 0.2) is 0 Å². The molecule has 0 unspecified atom stereocenters. The van der Waals surface area contributed by atoms with E-state index >= 15 is 0 Å². The average molecular weight is 248 g/mol. The van der Waals surface area contributed by atoms with Crippen molar-refractivity contribution in [1.29, 1.82) is 5.26 Å². The standard InChI is InChI=1S/C12H11NSe/c1-2-10-8-12(10,9-13)14-11-6-4-3-5-7-11/h2-7,10H,1,8H2/t10-,12+/m1/s1. The van der Waals surface area contributed by atoms with E-state index in [1.807, 2.05) is 24.3 Å². The molecule has 1 fully saturated rings. The second kappa shape index (κ2) is 3.61. The van der Waals surface area contributed by atoms with Crippen molar-refractivity contribution in [3.05, 3.63) is 43.0 Å². The number of nitriles is 1. The predicted octanol–water partition coefficient (Wildman–Crippen LogP) is 1.90. The van der Waals surface area contributed by atoms with E-state index in [1.54, 1.807) is 0 Å². The Morgan fingerprint density at radius 1 is 1.50 bits per heavy atom. The zero-order chi connectivity index (χ0) is 10.0. The van der Waals surface area contributed by atoms with Gasteiger partial charge in [0.05, 0.1) is 0 Å². The van der Waals surface area contributed by atoms with Gasteiger partial charge < -0.3 is 0 Å². The van der Waals surface area contributed by atoms with Crippen LogP contribution in [0, 0.1) is 17.2 Å². The topological polar surface area (TPSA) is 23.8 Å². The summed E-state index contributed by atoms with van der Waals surface area (Å²) in [6.07, 6.45) is 2.93. The van der Waals surface area contributed by atoms with Crippen LogP contribution in [-0.2, 0) is 0 Å². The molecule has 0 bridgehead atoms. The Kier molecular flexibility index (Phi) is 2.46. The quantitative estimate of drug-likeness (QED) is 0.592. The SMILES string of the molecule is C=C[C@@H]1C[C@@]1(C#N)[Se]c1ccccc1. The number of rotatable bonds is 3. The van der Waals surface area contributed by atoms with Gasteiger partial charge in [-0.3, -0.25) is 0 Å².